The van der Waals surface area contributed by atoms with Crippen LogP contribution in [0.1, 0.15) is 36.2 Å². The minimum atomic E-state index is -1.35. The molecule has 2 aromatic rings. The number of carboxylic acids is 1. The third-order valence-corrected chi connectivity index (χ3v) is 5.59. The van der Waals surface area contributed by atoms with Gasteiger partial charge in [0.2, 0.25) is 5.43 Å². The number of halogens is 1. The molecule has 1 saturated heterocycles. The molecule has 2 heterocycles. The summed E-state index contributed by atoms with van der Waals surface area (Å²) in [6.45, 7) is 2.86. The minimum absolute atomic E-state index is 0.0175. The monoisotopic (exact) mass is 404 g/mol. The number of nitroso groups, excluding NO2 is 1. The van der Waals surface area contributed by atoms with E-state index < -0.39 is 22.8 Å². The van der Waals surface area contributed by atoms with E-state index in [0.29, 0.717) is 25.2 Å². The molecule has 0 amide bonds. The fourth-order valence-corrected chi connectivity index (χ4v) is 4.00. The van der Waals surface area contributed by atoms with E-state index in [4.69, 9.17) is 4.74 Å². The first-order chi connectivity index (χ1) is 13.9. The lowest BCUT2D eigenvalue weighted by Gasteiger charge is -2.38. The van der Waals surface area contributed by atoms with Crippen molar-refractivity contribution in [3.05, 3.63) is 38.8 Å². The highest BCUT2D eigenvalue weighted by molar-refractivity contribution is 5.97. The maximum absolute atomic E-state index is 15.2. The molecule has 1 unspecified atom stereocenters. The molecule has 9 nitrogen and oxygen atoms in total. The summed E-state index contributed by atoms with van der Waals surface area (Å²) in [6.07, 6.45) is 3.01. The molecule has 1 aliphatic carbocycles. The van der Waals surface area contributed by atoms with Crippen molar-refractivity contribution in [1.82, 2.24) is 9.58 Å². The third kappa shape index (κ3) is 3.08. The molecular formula is C19H21FN4O5. The normalized spacial score (nSPS) is 19.5. The van der Waals surface area contributed by atoms with Gasteiger partial charge in [0.15, 0.2) is 11.6 Å². The SMILES string of the molecule is COc1c(N2CCN(N=O)C(C)C2)c(F)cc2c(=O)c(C(=O)O)cn(C3CC3)c12. The van der Waals surface area contributed by atoms with Crippen LogP contribution in [0, 0.1) is 10.7 Å². The Kier molecular flexibility index (Phi) is 4.64. The predicted molar refractivity (Wildman–Crippen MR) is 104 cm³/mol. The Bertz CT molecular complexity index is 1060. The number of methoxy groups -OCH3 is 1. The number of rotatable bonds is 5. The van der Waals surface area contributed by atoms with Gasteiger partial charge in [0.25, 0.3) is 0 Å². The molecule has 4 rings (SSSR count). The van der Waals surface area contributed by atoms with Crippen LogP contribution in [-0.2, 0) is 0 Å². The molecule has 1 aromatic carbocycles. The van der Waals surface area contributed by atoms with Gasteiger partial charge in [0.1, 0.15) is 11.3 Å². The Balaban J connectivity index is 1.96. The van der Waals surface area contributed by atoms with E-state index in [9.17, 15) is 19.6 Å². The second kappa shape index (κ2) is 7.02. The van der Waals surface area contributed by atoms with Gasteiger partial charge in [-0.25, -0.2) is 9.18 Å². The van der Waals surface area contributed by atoms with Crippen LogP contribution in [0.3, 0.4) is 0 Å². The zero-order chi connectivity index (χ0) is 20.9. The first-order valence-electron chi connectivity index (χ1n) is 9.40. The summed E-state index contributed by atoms with van der Waals surface area (Å²) < 4.78 is 22.5. The van der Waals surface area contributed by atoms with Gasteiger partial charge in [-0.1, -0.05) is 0 Å². The van der Waals surface area contributed by atoms with Crippen molar-refractivity contribution in [2.24, 2.45) is 5.29 Å². The molecule has 1 aliphatic heterocycles. The van der Waals surface area contributed by atoms with Gasteiger partial charge in [-0.15, -0.1) is 4.91 Å². The number of benzene rings is 1. The van der Waals surface area contributed by atoms with Gasteiger partial charge >= 0.3 is 5.97 Å². The lowest BCUT2D eigenvalue weighted by molar-refractivity contribution is 0.0695. The van der Waals surface area contributed by atoms with Crippen molar-refractivity contribution in [2.45, 2.75) is 31.8 Å². The van der Waals surface area contributed by atoms with Gasteiger partial charge in [0, 0.05) is 25.3 Å². The molecule has 10 heteroatoms. The van der Waals surface area contributed by atoms with E-state index in [-0.39, 0.29) is 28.9 Å². The van der Waals surface area contributed by atoms with Gasteiger partial charge in [0.05, 0.1) is 35.9 Å². The number of hydrogen-bond donors (Lipinski definition) is 1. The fourth-order valence-electron chi connectivity index (χ4n) is 4.00. The molecule has 0 spiro atoms. The summed E-state index contributed by atoms with van der Waals surface area (Å²) in [5, 5.41) is 13.8. The quantitative estimate of drug-likeness (QED) is 0.763. The van der Waals surface area contributed by atoms with Crippen molar-refractivity contribution < 1.29 is 19.0 Å². The average molecular weight is 404 g/mol. The molecule has 2 aliphatic rings. The van der Waals surface area contributed by atoms with Gasteiger partial charge in [-0.05, 0) is 25.8 Å². The van der Waals surface area contributed by atoms with Crippen LogP contribution in [0.15, 0.2) is 22.3 Å². The second-order valence-corrected chi connectivity index (χ2v) is 7.49. The molecule has 2 fully saturated rings. The Hall–Kier alpha value is -3.17. The van der Waals surface area contributed by atoms with Crippen LogP contribution in [0.5, 0.6) is 5.75 Å². The largest absolute Gasteiger partial charge is 0.492 e. The van der Waals surface area contributed by atoms with E-state index in [1.807, 2.05) is 6.92 Å². The zero-order valence-electron chi connectivity index (χ0n) is 16.1. The van der Waals surface area contributed by atoms with Crippen LogP contribution < -0.4 is 15.1 Å². The Morgan fingerprint density at radius 3 is 2.62 bits per heavy atom. The van der Waals surface area contributed by atoms with E-state index in [1.54, 1.807) is 9.47 Å². The number of hydrogen-bond acceptors (Lipinski definition) is 6. The Morgan fingerprint density at radius 2 is 2.07 bits per heavy atom. The summed E-state index contributed by atoms with van der Waals surface area (Å²) in [6, 6.07) is 0.912. The van der Waals surface area contributed by atoms with Crippen LogP contribution in [0.4, 0.5) is 10.1 Å². The molecule has 154 valence electrons. The van der Waals surface area contributed by atoms with Crippen LogP contribution in [0.2, 0.25) is 0 Å². The first-order valence-corrected chi connectivity index (χ1v) is 9.40. The molecule has 1 saturated carbocycles. The zero-order valence-corrected chi connectivity index (χ0v) is 16.1. The highest BCUT2D eigenvalue weighted by Crippen LogP contribution is 2.44. The highest BCUT2D eigenvalue weighted by Gasteiger charge is 2.33. The van der Waals surface area contributed by atoms with E-state index in [2.05, 4.69) is 5.29 Å². The molecule has 1 aromatic heterocycles. The lowest BCUT2D eigenvalue weighted by Crippen LogP contribution is -2.49. The van der Waals surface area contributed by atoms with E-state index in [1.165, 1.54) is 18.3 Å². The van der Waals surface area contributed by atoms with E-state index in [0.717, 1.165) is 18.9 Å². The first kappa shape index (κ1) is 19.2. The average Bonchev–Trinajstić information content (AvgIpc) is 3.52. The predicted octanol–water partition coefficient (Wildman–Crippen LogP) is 2.37. The molecule has 1 atom stereocenters. The molecule has 29 heavy (non-hydrogen) atoms. The smallest absolute Gasteiger partial charge is 0.341 e. The number of nitrogens with zero attached hydrogens (tertiary/aromatic N) is 4. The number of pyridine rings is 1. The number of aromatic carboxylic acids is 1. The standard InChI is InChI=1S/C19H21FN4O5/c1-10-8-22(5-6-24(10)21-28)16-14(20)7-12-15(18(16)29-2)23(11-3-4-11)9-13(17(12)25)19(26)27/h7,9-11H,3-6,8H2,1-2H3,(H,26,27). The Labute approximate surface area is 165 Å². The van der Waals surface area contributed by atoms with Gasteiger partial charge < -0.3 is 19.3 Å². The fraction of sp³-hybridized carbons (Fsp3) is 0.474. The second-order valence-electron chi connectivity index (χ2n) is 7.49. The minimum Gasteiger partial charge on any atom is -0.492 e. The van der Waals surface area contributed by atoms with Crippen molar-refractivity contribution in [1.29, 1.82) is 0 Å². The van der Waals surface area contributed by atoms with Crippen LogP contribution in [-0.4, -0.2) is 53.4 Å². The van der Waals surface area contributed by atoms with E-state index >= 15 is 4.39 Å². The van der Waals surface area contributed by atoms with Crippen molar-refractivity contribution >= 4 is 22.6 Å². The number of piperazine rings is 1. The number of carbonyl (C=O) groups is 1. The molecular weight excluding hydrogens is 383 g/mol. The number of ether oxygens (including phenoxy) is 1. The summed E-state index contributed by atoms with van der Waals surface area (Å²) in [5.74, 6) is -1.82. The Morgan fingerprint density at radius 1 is 1.34 bits per heavy atom. The highest BCUT2D eigenvalue weighted by atomic mass is 19.1. The van der Waals surface area contributed by atoms with Crippen molar-refractivity contribution in [3.63, 3.8) is 0 Å². The number of anilines is 1. The molecule has 1 N–H and O–H groups in total. The maximum atomic E-state index is 15.2. The lowest BCUT2D eigenvalue weighted by atomic mass is 10.1. The summed E-state index contributed by atoms with van der Waals surface area (Å²) in [5.41, 5.74) is -0.534. The molecule has 0 radical (unpaired) electrons. The van der Waals surface area contributed by atoms with Gasteiger partial charge in [-0.3, -0.25) is 9.80 Å². The summed E-state index contributed by atoms with van der Waals surface area (Å²) >= 11 is 0. The van der Waals surface area contributed by atoms with Crippen LogP contribution in [0.25, 0.3) is 10.9 Å². The molecule has 0 bridgehead atoms. The summed E-state index contributed by atoms with van der Waals surface area (Å²) in [4.78, 5) is 36.9. The third-order valence-electron chi connectivity index (χ3n) is 5.59. The van der Waals surface area contributed by atoms with Crippen LogP contribution >= 0.6 is 0 Å². The van der Waals surface area contributed by atoms with Crippen molar-refractivity contribution in [2.75, 3.05) is 31.6 Å². The maximum Gasteiger partial charge on any atom is 0.341 e. The van der Waals surface area contributed by atoms with Gasteiger partial charge in [-0.2, -0.15) is 0 Å². The number of fused-ring (bicyclic) bond motifs is 1. The summed E-state index contributed by atoms with van der Waals surface area (Å²) in [7, 11) is 1.40. The topological polar surface area (TPSA) is 104 Å². The number of aromatic nitrogens is 1. The van der Waals surface area contributed by atoms with Crippen molar-refractivity contribution in [3.8, 4) is 5.75 Å². The number of carboxylic acid groups (broad SMARTS) is 1.